The molecule has 6 aromatic rings. The fourth-order valence-electron chi connectivity index (χ4n) is 16.5. The Kier molecular flexibility index (Phi) is 30.1. The number of amides is 6. The minimum atomic E-state index is -5.20. The maximum atomic E-state index is 14.2. The highest BCUT2D eigenvalue weighted by Crippen LogP contribution is 2.48. The van der Waals surface area contributed by atoms with Crippen molar-refractivity contribution in [2.24, 2.45) is 35.5 Å². The number of carbonyl (C=O) groups excluding carboxylic acids is 6. The monoisotopic (exact) mass is 1740 g/mol. The molecule has 6 heterocycles. The summed E-state index contributed by atoms with van der Waals surface area (Å²) in [4.78, 5) is 90.1. The highest BCUT2D eigenvalue weighted by atomic mass is 35.5. The van der Waals surface area contributed by atoms with E-state index in [1.54, 1.807) is 99.5 Å². The van der Waals surface area contributed by atoms with Crippen LogP contribution in [-0.4, -0.2) is 239 Å². The van der Waals surface area contributed by atoms with E-state index in [-0.39, 0.29) is 105 Å². The van der Waals surface area contributed by atoms with Crippen LogP contribution in [0.3, 0.4) is 0 Å². The van der Waals surface area contributed by atoms with Crippen molar-refractivity contribution in [3.63, 3.8) is 0 Å². The Hall–Kier alpha value is -8.94. The van der Waals surface area contributed by atoms with Gasteiger partial charge in [0.1, 0.15) is 17.2 Å². The Labute approximate surface area is 708 Å². The average molecular weight is 1750 g/mol. The van der Waals surface area contributed by atoms with Gasteiger partial charge in [0, 0.05) is 155 Å². The summed E-state index contributed by atoms with van der Waals surface area (Å²) in [7, 11) is 11.3. The first-order valence-electron chi connectivity index (χ1n) is 40.1. The largest absolute Gasteiger partial charge is 0.497 e. The van der Waals surface area contributed by atoms with Gasteiger partial charge in [0.15, 0.2) is 0 Å². The van der Waals surface area contributed by atoms with E-state index in [1.165, 1.54) is 58.2 Å². The van der Waals surface area contributed by atoms with Crippen LogP contribution >= 0.6 is 34.8 Å². The molecule has 0 bridgehead atoms. The molecule has 120 heavy (non-hydrogen) atoms. The number of likely N-dealkylation sites (tertiary alicyclic amines) is 3. The Morgan fingerprint density at radius 3 is 0.925 bits per heavy atom. The number of nitrogens with zero attached hydrogens (tertiary/aromatic N) is 9. The molecule has 6 aliphatic heterocycles. The molecule has 12 rings (SSSR count). The third-order valence-electron chi connectivity index (χ3n) is 23.3. The highest BCUT2D eigenvalue weighted by Gasteiger charge is 2.66. The molecule has 0 aliphatic carbocycles. The smallest absolute Gasteiger partial charge is 0.430 e. The molecule has 0 aromatic heterocycles. The minimum absolute atomic E-state index is 0.0781. The molecule has 6 fully saturated rings. The van der Waals surface area contributed by atoms with Crippen molar-refractivity contribution in [3.8, 4) is 17.2 Å². The van der Waals surface area contributed by atoms with Crippen molar-refractivity contribution in [2.45, 2.75) is 120 Å². The number of methoxy groups -OCH3 is 1. The lowest BCUT2D eigenvalue weighted by molar-refractivity contribution is -0.264. The minimum Gasteiger partial charge on any atom is -0.497 e. The summed E-state index contributed by atoms with van der Waals surface area (Å²) in [6.07, 6.45) is -8.04. The van der Waals surface area contributed by atoms with Gasteiger partial charge in [-0.1, -0.05) is 71.2 Å². The Bertz CT molecular complexity index is 4600. The lowest BCUT2D eigenvalue weighted by atomic mass is 9.82. The molecule has 6 amide bonds. The van der Waals surface area contributed by atoms with Gasteiger partial charge in [0.2, 0.25) is 0 Å². The molecule has 654 valence electrons. The lowest BCUT2D eigenvalue weighted by Gasteiger charge is -2.45. The van der Waals surface area contributed by atoms with Crippen molar-refractivity contribution >= 4 is 87.3 Å². The van der Waals surface area contributed by atoms with E-state index in [0.29, 0.717) is 49.5 Å². The Balaban J connectivity index is 0.000000189. The molecule has 0 unspecified atom stereocenters. The molecule has 33 heteroatoms. The van der Waals surface area contributed by atoms with Crippen LogP contribution in [0.5, 0.6) is 17.2 Å². The van der Waals surface area contributed by atoms with Gasteiger partial charge in [0.25, 0.3) is 52.2 Å². The maximum absolute atomic E-state index is 14.2. The number of rotatable bonds is 23. The third-order valence-corrected chi connectivity index (χ3v) is 24.2. The zero-order valence-electron chi connectivity index (χ0n) is 68.8. The first kappa shape index (κ1) is 93.3. The van der Waals surface area contributed by atoms with Gasteiger partial charge in [-0.2, -0.15) is 39.5 Å². The normalized spacial score (nSPS) is 18.2. The van der Waals surface area contributed by atoms with Crippen LogP contribution in [0.1, 0.15) is 126 Å². The van der Waals surface area contributed by atoms with Gasteiger partial charge < -0.3 is 73.6 Å². The standard InChI is InChI=1S/C30H37ClF3N3O4.C29H35ClF3N3O4.C28H33ClF3N3O4/c1-19(2)41-24-7-5-6-22(15-24)29(40,30(32,33)34)28(39)37-17-21(18-37)14-20-10-12-36(13-11-20)23-8-9-25(26(31)16-23)27(38)35(3)4;1-4-40-23-7-5-6-21(15-23)28(39,29(31,32)33)27(38)36-17-20(18-36)14-19-10-12-35(13-11-19)22-8-9-24(25(30)16-22)26(37)34(2)3;1-33(2)25(36)23-8-7-21(15-24(23)29)34-11-9-18(10-12-34)13-19-16-35(17-19)26(37)27(38,28(30,31)32)20-5-4-6-22(14-20)39-3/h5-9,15-16,19-21,40H,10-14,17-18H2,1-4H3;5-9,15-16,19-20,39H,4,10-14,17-18H2,1-3H3;4-8,14-15,18-19,38H,9-13,16-17H2,1-3H3/t29-;28-;27-/m111/s1. The van der Waals surface area contributed by atoms with E-state index < -0.39 is 69.7 Å². The molecule has 3 N–H and O–H groups in total. The summed E-state index contributed by atoms with van der Waals surface area (Å²) < 4.78 is 142. The summed E-state index contributed by atoms with van der Waals surface area (Å²) in [5.74, 6) is -2.72. The molecule has 21 nitrogen and oxygen atoms in total. The number of anilines is 3. The molecule has 3 atom stereocenters. The molecule has 0 radical (unpaired) electrons. The Morgan fingerprint density at radius 1 is 0.408 bits per heavy atom. The van der Waals surface area contributed by atoms with Gasteiger partial charge in [0.05, 0.1) is 51.6 Å². The van der Waals surface area contributed by atoms with Crippen molar-refractivity contribution in [1.82, 2.24) is 29.4 Å². The van der Waals surface area contributed by atoms with Crippen LogP contribution in [0.4, 0.5) is 56.6 Å². The number of hydrogen-bond acceptors (Lipinski definition) is 15. The summed E-state index contributed by atoms with van der Waals surface area (Å²) in [5.41, 5.74) is -8.39. The van der Waals surface area contributed by atoms with E-state index in [2.05, 4.69) is 14.7 Å². The maximum Gasteiger partial charge on any atom is 0.430 e. The molecule has 0 spiro atoms. The number of carbonyl (C=O) groups is 6. The van der Waals surface area contributed by atoms with Gasteiger partial charge >= 0.3 is 18.5 Å². The number of alkyl halides is 9. The lowest BCUT2D eigenvalue weighted by Crippen LogP contribution is -2.61. The summed E-state index contributed by atoms with van der Waals surface area (Å²) >= 11 is 19.1. The van der Waals surface area contributed by atoms with E-state index in [4.69, 9.17) is 49.0 Å². The number of aliphatic hydroxyl groups is 3. The molecule has 6 saturated heterocycles. The number of benzene rings is 6. The van der Waals surface area contributed by atoms with E-state index in [1.807, 2.05) is 18.2 Å². The second kappa shape index (κ2) is 38.6. The van der Waals surface area contributed by atoms with Crippen LogP contribution in [0.25, 0.3) is 0 Å². The highest BCUT2D eigenvalue weighted by molar-refractivity contribution is 6.35. The number of ether oxygens (including phenoxy) is 3. The molecule has 0 saturated carbocycles. The molecule has 6 aliphatic rings. The summed E-state index contributed by atoms with van der Waals surface area (Å²) in [5, 5.41) is 33.4. The quantitative estimate of drug-likeness (QED) is 0.0508. The fourth-order valence-corrected chi connectivity index (χ4v) is 17.3. The van der Waals surface area contributed by atoms with Crippen LogP contribution in [0.2, 0.25) is 15.1 Å². The Morgan fingerprint density at radius 2 is 0.675 bits per heavy atom. The second-order valence-corrected chi connectivity index (χ2v) is 34.1. The van der Waals surface area contributed by atoms with Crippen LogP contribution in [0.15, 0.2) is 127 Å². The summed E-state index contributed by atoms with van der Waals surface area (Å²) in [6, 6.07) is 31.2. The SMILES string of the molecule is CC(C)Oc1cccc([C@@](O)(C(=O)N2CC(CC3CCN(c4ccc(C(=O)N(C)C)c(Cl)c4)CC3)C2)C(F)(F)F)c1.CCOc1cccc([C@@](O)(C(=O)N2CC(CC3CCN(c4ccc(C(=O)N(C)C)c(Cl)c4)CC3)C2)C(F)(F)F)c1.COc1cccc([C@@](O)(C(=O)N2CC(CC3CCN(c4ccc(C(=O)N(C)C)c(Cl)c4)CC3)C2)C(F)(F)F)c1. The first-order chi connectivity index (χ1) is 56.4. The van der Waals surface area contributed by atoms with Crippen LogP contribution in [-0.2, 0) is 31.2 Å². The van der Waals surface area contributed by atoms with Gasteiger partial charge in [-0.15, -0.1) is 0 Å². The molecular weight excluding hydrogens is 1640 g/mol. The van der Waals surface area contributed by atoms with Crippen LogP contribution in [0, 0.1) is 35.5 Å². The zero-order chi connectivity index (χ0) is 87.9. The van der Waals surface area contributed by atoms with Crippen molar-refractivity contribution in [3.05, 3.63) is 176 Å². The number of hydrogen-bond donors (Lipinski definition) is 3. The van der Waals surface area contributed by atoms with Crippen molar-refractivity contribution in [1.29, 1.82) is 0 Å². The van der Waals surface area contributed by atoms with Gasteiger partial charge in [-0.25, -0.2) is 0 Å². The van der Waals surface area contributed by atoms with E-state index in [9.17, 15) is 83.6 Å². The van der Waals surface area contributed by atoms with Gasteiger partial charge in [-0.05, 0) is 205 Å². The summed E-state index contributed by atoms with van der Waals surface area (Å²) in [6.45, 7) is 11.2. The average Bonchev–Trinajstić information content (AvgIpc) is 0.752. The van der Waals surface area contributed by atoms with E-state index in [0.717, 1.165) is 165 Å². The number of piperidine rings is 3. The number of halogens is 12. The molecule has 6 aromatic carbocycles. The predicted molar refractivity (Wildman–Crippen MR) is 440 cm³/mol. The topological polar surface area (TPSA) is 220 Å². The third kappa shape index (κ3) is 21.0. The zero-order valence-corrected chi connectivity index (χ0v) is 71.1. The van der Waals surface area contributed by atoms with E-state index >= 15 is 0 Å². The predicted octanol–water partition coefficient (Wildman–Crippen LogP) is 14.9. The molecular formula is C87H105Cl3F9N9O12. The second-order valence-electron chi connectivity index (χ2n) is 32.8. The van der Waals surface area contributed by atoms with Crippen molar-refractivity contribution in [2.75, 3.05) is 149 Å². The van der Waals surface area contributed by atoms with Gasteiger partial charge in [-0.3, -0.25) is 28.8 Å². The fraction of sp³-hybridized carbons (Fsp3) is 0.517. The first-order valence-corrected chi connectivity index (χ1v) is 41.2. The van der Waals surface area contributed by atoms with Crippen molar-refractivity contribution < 1.29 is 97.8 Å². The van der Waals surface area contributed by atoms with Crippen LogP contribution < -0.4 is 28.9 Å².